The van der Waals surface area contributed by atoms with Gasteiger partial charge in [-0.25, -0.2) is 4.79 Å². The summed E-state index contributed by atoms with van der Waals surface area (Å²) in [5, 5.41) is 20.3. The van der Waals surface area contributed by atoms with Crippen molar-refractivity contribution in [2.75, 3.05) is 19.8 Å². The number of nitro benzene ring substituents is 1. The molecule has 0 amide bonds. The number of benzene rings is 2. The summed E-state index contributed by atoms with van der Waals surface area (Å²) in [5.41, 5.74) is 0.730. The van der Waals surface area contributed by atoms with Gasteiger partial charge >= 0.3 is 5.97 Å². The smallest absolute Gasteiger partial charge is 0.348 e. The highest BCUT2D eigenvalue weighted by Gasteiger charge is 2.15. The second-order valence-electron chi connectivity index (χ2n) is 5.83. The Morgan fingerprint density at radius 3 is 2.48 bits per heavy atom. The molecule has 0 bridgehead atoms. The Hall–Kier alpha value is -3.86. The van der Waals surface area contributed by atoms with Gasteiger partial charge in [-0.3, -0.25) is 10.1 Å². The van der Waals surface area contributed by atoms with Crippen molar-refractivity contribution in [3.8, 4) is 17.6 Å². The highest BCUT2D eigenvalue weighted by Crippen LogP contribution is 2.27. The fourth-order valence-electron chi connectivity index (χ4n) is 2.42. The van der Waals surface area contributed by atoms with Gasteiger partial charge in [0.25, 0.3) is 5.69 Å². The lowest BCUT2D eigenvalue weighted by Crippen LogP contribution is -2.10. The van der Waals surface area contributed by atoms with Gasteiger partial charge in [0, 0.05) is 17.7 Å². The molecule has 0 aliphatic rings. The molecule has 0 saturated carbocycles. The molecule has 0 saturated heterocycles. The van der Waals surface area contributed by atoms with Crippen LogP contribution in [-0.2, 0) is 9.53 Å². The molecule has 8 nitrogen and oxygen atoms in total. The highest BCUT2D eigenvalue weighted by molar-refractivity contribution is 5.98. The standard InChI is InChI=1S/C21H20N2O6/c1-3-27-21(24)17(14-22)12-16-13-18(23(25)26)8-9-20(16)29-11-10-28-19-7-5-4-6-15(19)2/h4-9,12-13H,3,10-11H2,1-2H3. The maximum absolute atomic E-state index is 11.9. The first-order valence-electron chi connectivity index (χ1n) is 8.84. The van der Waals surface area contributed by atoms with Crippen molar-refractivity contribution in [1.29, 1.82) is 5.26 Å². The number of esters is 1. The Kier molecular flexibility index (Phi) is 7.74. The number of non-ortho nitro benzene ring substituents is 1. The van der Waals surface area contributed by atoms with Gasteiger partial charge in [-0.05, 0) is 37.6 Å². The zero-order valence-electron chi connectivity index (χ0n) is 16.1. The minimum absolute atomic E-state index is 0.104. The molecule has 29 heavy (non-hydrogen) atoms. The van der Waals surface area contributed by atoms with Gasteiger partial charge in [-0.2, -0.15) is 5.26 Å². The predicted molar refractivity (Wildman–Crippen MR) is 105 cm³/mol. The molecule has 2 aromatic rings. The molecule has 0 heterocycles. The number of nitriles is 1. The summed E-state index contributed by atoms with van der Waals surface area (Å²) < 4.78 is 16.1. The Balaban J connectivity index is 2.18. The van der Waals surface area contributed by atoms with E-state index in [1.54, 1.807) is 13.0 Å². The third kappa shape index (κ3) is 6.07. The summed E-state index contributed by atoms with van der Waals surface area (Å²) >= 11 is 0. The van der Waals surface area contributed by atoms with E-state index in [1.165, 1.54) is 24.3 Å². The summed E-state index contributed by atoms with van der Waals surface area (Å²) in [6.45, 7) is 4.05. The van der Waals surface area contributed by atoms with Crippen molar-refractivity contribution < 1.29 is 23.9 Å². The Morgan fingerprint density at radius 2 is 1.86 bits per heavy atom. The van der Waals surface area contributed by atoms with Crippen LogP contribution >= 0.6 is 0 Å². The molecule has 2 rings (SSSR count). The summed E-state index contributed by atoms with van der Waals surface area (Å²) in [7, 11) is 0. The molecule has 0 aliphatic carbocycles. The Morgan fingerprint density at radius 1 is 1.17 bits per heavy atom. The van der Waals surface area contributed by atoms with E-state index in [0.717, 1.165) is 11.3 Å². The molecular weight excluding hydrogens is 376 g/mol. The van der Waals surface area contributed by atoms with Crippen molar-refractivity contribution in [3.05, 3.63) is 69.3 Å². The minimum Gasteiger partial charge on any atom is -0.490 e. The average molecular weight is 396 g/mol. The summed E-state index contributed by atoms with van der Waals surface area (Å²) in [5.74, 6) is 0.199. The molecular formula is C21H20N2O6. The maximum atomic E-state index is 11.9. The summed E-state index contributed by atoms with van der Waals surface area (Å²) in [6, 6.07) is 13.2. The number of para-hydroxylation sites is 1. The van der Waals surface area contributed by atoms with Gasteiger partial charge in [0.05, 0.1) is 11.5 Å². The normalized spacial score (nSPS) is 10.7. The van der Waals surface area contributed by atoms with Crippen molar-refractivity contribution in [2.24, 2.45) is 0 Å². The third-order valence-corrected chi connectivity index (χ3v) is 3.81. The molecule has 0 fully saturated rings. The van der Waals surface area contributed by atoms with Crippen molar-refractivity contribution >= 4 is 17.7 Å². The topological polar surface area (TPSA) is 112 Å². The van der Waals surface area contributed by atoms with E-state index in [9.17, 15) is 20.2 Å². The van der Waals surface area contributed by atoms with E-state index in [-0.39, 0.29) is 42.4 Å². The average Bonchev–Trinajstić information content (AvgIpc) is 2.71. The zero-order chi connectivity index (χ0) is 21.2. The number of rotatable bonds is 9. The fraction of sp³-hybridized carbons (Fsp3) is 0.238. The molecule has 0 aliphatic heterocycles. The number of carbonyl (C=O) groups is 1. The number of carbonyl (C=O) groups excluding carboxylic acids is 1. The quantitative estimate of drug-likeness (QED) is 0.158. The third-order valence-electron chi connectivity index (χ3n) is 3.81. The molecule has 2 aromatic carbocycles. The van der Waals surface area contributed by atoms with E-state index >= 15 is 0 Å². The van der Waals surface area contributed by atoms with Crippen LogP contribution in [0.15, 0.2) is 48.0 Å². The van der Waals surface area contributed by atoms with Gasteiger partial charge in [0.15, 0.2) is 0 Å². The van der Waals surface area contributed by atoms with Crippen LogP contribution in [0.1, 0.15) is 18.1 Å². The Bertz CT molecular complexity index is 962. The lowest BCUT2D eigenvalue weighted by molar-refractivity contribution is -0.384. The van der Waals surface area contributed by atoms with Gasteiger partial charge in [0.2, 0.25) is 0 Å². The highest BCUT2D eigenvalue weighted by atomic mass is 16.6. The molecule has 150 valence electrons. The van der Waals surface area contributed by atoms with Crippen molar-refractivity contribution in [3.63, 3.8) is 0 Å². The zero-order valence-corrected chi connectivity index (χ0v) is 16.1. The Labute approximate surface area is 168 Å². The fourth-order valence-corrected chi connectivity index (χ4v) is 2.42. The number of nitrogens with zero attached hydrogens (tertiary/aromatic N) is 2. The molecule has 0 spiro atoms. The van der Waals surface area contributed by atoms with Crippen LogP contribution < -0.4 is 9.47 Å². The second kappa shape index (κ2) is 10.5. The lowest BCUT2D eigenvalue weighted by Gasteiger charge is -2.12. The first-order chi connectivity index (χ1) is 14.0. The first-order valence-corrected chi connectivity index (χ1v) is 8.84. The van der Waals surface area contributed by atoms with Gasteiger partial charge in [-0.15, -0.1) is 0 Å². The molecule has 0 atom stereocenters. The first kappa shape index (κ1) is 21.4. The van der Waals surface area contributed by atoms with Crippen LogP contribution in [0.5, 0.6) is 11.5 Å². The molecule has 0 unspecified atom stereocenters. The molecule has 0 radical (unpaired) electrons. The van der Waals surface area contributed by atoms with E-state index in [2.05, 4.69) is 0 Å². The van der Waals surface area contributed by atoms with E-state index in [0.29, 0.717) is 0 Å². The summed E-state index contributed by atoms with van der Waals surface area (Å²) in [4.78, 5) is 22.4. The van der Waals surface area contributed by atoms with Crippen LogP contribution in [0.3, 0.4) is 0 Å². The number of hydrogen-bond acceptors (Lipinski definition) is 7. The molecule has 0 aromatic heterocycles. The number of aryl methyl sites for hydroxylation is 1. The van der Waals surface area contributed by atoms with Crippen molar-refractivity contribution in [1.82, 2.24) is 0 Å². The minimum atomic E-state index is -0.810. The van der Waals surface area contributed by atoms with Crippen LogP contribution in [-0.4, -0.2) is 30.7 Å². The van der Waals surface area contributed by atoms with Crippen LogP contribution in [0.2, 0.25) is 0 Å². The van der Waals surface area contributed by atoms with E-state index in [1.807, 2.05) is 31.2 Å². The second-order valence-corrected chi connectivity index (χ2v) is 5.83. The summed E-state index contributed by atoms with van der Waals surface area (Å²) in [6.07, 6.45) is 1.21. The molecule has 8 heteroatoms. The van der Waals surface area contributed by atoms with Crippen LogP contribution in [0.25, 0.3) is 6.08 Å². The number of hydrogen-bond donors (Lipinski definition) is 0. The lowest BCUT2D eigenvalue weighted by atomic mass is 10.1. The predicted octanol–water partition coefficient (Wildman–Crippen LogP) is 3.83. The van der Waals surface area contributed by atoms with Crippen LogP contribution in [0, 0.1) is 28.4 Å². The monoisotopic (exact) mass is 396 g/mol. The van der Waals surface area contributed by atoms with E-state index < -0.39 is 10.9 Å². The van der Waals surface area contributed by atoms with Gasteiger partial charge in [0.1, 0.15) is 36.4 Å². The number of ether oxygens (including phenoxy) is 3. The molecule has 0 N–H and O–H groups in total. The SMILES string of the molecule is CCOC(=O)C(C#N)=Cc1cc([N+](=O)[O-])ccc1OCCOc1ccccc1C. The number of nitro groups is 1. The maximum Gasteiger partial charge on any atom is 0.348 e. The van der Waals surface area contributed by atoms with Crippen LogP contribution in [0.4, 0.5) is 5.69 Å². The van der Waals surface area contributed by atoms with Gasteiger partial charge < -0.3 is 14.2 Å². The van der Waals surface area contributed by atoms with Crippen molar-refractivity contribution in [2.45, 2.75) is 13.8 Å². The van der Waals surface area contributed by atoms with Gasteiger partial charge in [-0.1, -0.05) is 18.2 Å². The largest absolute Gasteiger partial charge is 0.490 e. The van der Waals surface area contributed by atoms with E-state index in [4.69, 9.17) is 14.2 Å².